The van der Waals surface area contributed by atoms with Gasteiger partial charge in [0.2, 0.25) is 0 Å². The van der Waals surface area contributed by atoms with Crippen molar-refractivity contribution in [2.24, 2.45) is 47.3 Å². The summed E-state index contributed by atoms with van der Waals surface area (Å²) in [4.78, 5) is 3.35. The molecule has 14 atom stereocenters. The maximum Gasteiger partial charge on any atom is 0.0743 e. The Morgan fingerprint density at radius 3 is 2.09 bits per heavy atom. The van der Waals surface area contributed by atoms with Gasteiger partial charge in [-0.15, -0.1) is 0 Å². The zero-order chi connectivity index (χ0) is 34.4. The van der Waals surface area contributed by atoms with Gasteiger partial charge in [0.1, 0.15) is 0 Å². The van der Waals surface area contributed by atoms with Crippen molar-refractivity contribution >= 4 is 21.8 Å². The Hall–Kier alpha value is -3.40. The molecule has 3 aliphatic heterocycles. The van der Waals surface area contributed by atoms with Gasteiger partial charge in [-0.05, 0) is 146 Å². The predicted molar refractivity (Wildman–Crippen MR) is 214 cm³/mol. The Bertz CT molecular complexity index is 2220. The molecule has 13 rings (SSSR count). The molecule has 3 saturated heterocycles. The van der Waals surface area contributed by atoms with E-state index in [1.165, 1.54) is 116 Å². The van der Waals surface area contributed by atoms with E-state index in [4.69, 9.17) is 4.74 Å². The van der Waals surface area contributed by atoms with Crippen molar-refractivity contribution in [3.63, 3.8) is 0 Å². The van der Waals surface area contributed by atoms with E-state index in [0.717, 1.165) is 59.4 Å². The second-order valence-corrected chi connectivity index (χ2v) is 19.1. The molecule has 14 unspecified atom stereocenters. The van der Waals surface area contributed by atoms with Gasteiger partial charge in [-0.2, -0.15) is 0 Å². The molecule has 0 radical (unpaired) electrons. The highest BCUT2D eigenvalue weighted by atomic mass is 16.5. The van der Waals surface area contributed by atoms with Gasteiger partial charge < -0.3 is 9.30 Å². The Kier molecular flexibility index (Phi) is 6.73. The fourth-order valence-electron chi connectivity index (χ4n) is 15.9. The van der Waals surface area contributed by atoms with E-state index in [2.05, 4.69) is 107 Å². The lowest BCUT2D eigenvalue weighted by Gasteiger charge is -2.74. The molecule has 3 heteroatoms. The third kappa shape index (κ3) is 4.25. The molecule has 4 aromatic carbocycles. The van der Waals surface area contributed by atoms with Crippen LogP contribution in [0, 0.1) is 47.3 Å². The fraction of sp³-hybridized carbons (Fsp3) is 0.520. The molecule has 5 aliphatic carbocycles. The number of hydrogen-bond donors (Lipinski definition) is 0. The third-order valence-electron chi connectivity index (χ3n) is 17.4. The first-order valence-corrected chi connectivity index (χ1v) is 21.9. The second-order valence-electron chi connectivity index (χ2n) is 19.1. The minimum absolute atomic E-state index is 0.396. The lowest BCUT2D eigenvalue weighted by Crippen LogP contribution is -2.81. The number of ether oxygens (including phenoxy) is 1. The highest BCUT2D eigenvalue weighted by Gasteiger charge is 2.69. The fourth-order valence-corrected chi connectivity index (χ4v) is 15.9. The summed E-state index contributed by atoms with van der Waals surface area (Å²) >= 11 is 0. The summed E-state index contributed by atoms with van der Waals surface area (Å²) in [5, 5.41) is 2.73. The van der Waals surface area contributed by atoms with Gasteiger partial charge in [-0.1, -0.05) is 98.5 Å². The number of benzene rings is 4. The van der Waals surface area contributed by atoms with Gasteiger partial charge in [-0.25, -0.2) is 0 Å². The first kappa shape index (κ1) is 30.9. The van der Waals surface area contributed by atoms with E-state index in [0.29, 0.717) is 24.2 Å². The standard InChI is InChI=1S/C50H54N2O/c1-2-10-29(11-3-1)31-13-6-14-33(26-31)51-42-21-5-4-15-34(42)35-24-22-32(27-43(35)51)41-28-45-50-47-37(17-8-18-38(41)47)40-20-9-19-39-36-16-7-12-30-23-25-44(53-45)49(46(30)36)52(50)48(39)40/h1-6,10-11,13-15,21-22,24,26-27,30,36-41,44-50H,7-9,12,16-20,23,25,28H2. The molecule has 5 saturated carbocycles. The SMILES string of the molecule is c1ccc(-c2cccc(-n3c4ccccc4c4ccc(C5CC6OC7CCC8CCCC9C%10CCCC%11C%12CCCC5C%12C6N(C%10%11)C7C89)cc43)c2)cc1. The molecule has 270 valence electrons. The van der Waals surface area contributed by atoms with Crippen molar-refractivity contribution in [3.05, 3.63) is 103 Å². The summed E-state index contributed by atoms with van der Waals surface area (Å²) in [7, 11) is 0. The van der Waals surface area contributed by atoms with E-state index in [9.17, 15) is 0 Å². The minimum Gasteiger partial charge on any atom is -0.372 e. The zero-order valence-corrected chi connectivity index (χ0v) is 31.1. The van der Waals surface area contributed by atoms with Crippen molar-refractivity contribution in [1.82, 2.24) is 9.47 Å². The van der Waals surface area contributed by atoms with Gasteiger partial charge in [-0.3, -0.25) is 4.90 Å². The maximum absolute atomic E-state index is 7.62. The number of aromatic nitrogens is 1. The molecule has 3 nitrogen and oxygen atoms in total. The van der Waals surface area contributed by atoms with Crippen LogP contribution in [0.5, 0.6) is 0 Å². The van der Waals surface area contributed by atoms with Crippen molar-refractivity contribution in [2.45, 2.75) is 113 Å². The summed E-state index contributed by atoms with van der Waals surface area (Å²) in [5.41, 5.74) is 8.05. The van der Waals surface area contributed by atoms with E-state index >= 15 is 0 Å². The number of para-hydroxylation sites is 1. The molecule has 0 bridgehead atoms. The molecule has 1 aromatic heterocycles. The van der Waals surface area contributed by atoms with Crippen LogP contribution in [0.25, 0.3) is 38.6 Å². The second kappa shape index (κ2) is 11.6. The van der Waals surface area contributed by atoms with Crippen LogP contribution in [0.2, 0.25) is 0 Å². The smallest absolute Gasteiger partial charge is 0.0743 e. The summed E-state index contributed by atoms with van der Waals surface area (Å²) in [6, 6.07) is 39.1. The minimum atomic E-state index is 0.396. The van der Waals surface area contributed by atoms with Gasteiger partial charge in [0, 0.05) is 34.6 Å². The quantitative estimate of drug-likeness (QED) is 0.187. The van der Waals surface area contributed by atoms with Crippen LogP contribution in [0.4, 0.5) is 0 Å². The highest BCUT2D eigenvalue weighted by Crippen LogP contribution is 2.67. The average molecular weight is 699 g/mol. The van der Waals surface area contributed by atoms with Gasteiger partial charge >= 0.3 is 0 Å². The number of piperidine rings is 2. The molecule has 8 fully saturated rings. The summed E-state index contributed by atoms with van der Waals surface area (Å²) in [6.45, 7) is 0. The van der Waals surface area contributed by atoms with Crippen molar-refractivity contribution < 1.29 is 4.74 Å². The Labute approximate surface area is 315 Å². The molecule has 0 spiro atoms. The molecular weight excluding hydrogens is 645 g/mol. The van der Waals surface area contributed by atoms with Crippen LogP contribution in [-0.4, -0.2) is 39.8 Å². The monoisotopic (exact) mass is 698 g/mol. The average Bonchev–Trinajstić information content (AvgIpc) is 3.56. The molecule has 4 heterocycles. The van der Waals surface area contributed by atoms with Crippen molar-refractivity contribution in [1.29, 1.82) is 0 Å². The molecule has 53 heavy (non-hydrogen) atoms. The van der Waals surface area contributed by atoms with Crippen LogP contribution in [-0.2, 0) is 4.74 Å². The number of fused-ring (bicyclic) bond motifs is 5. The van der Waals surface area contributed by atoms with Crippen LogP contribution < -0.4 is 0 Å². The molecule has 5 aromatic rings. The highest BCUT2D eigenvalue weighted by molar-refractivity contribution is 6.09. The van der Waals surface area contributed by atoms with E-state index in [-0.39, 0.29) is 0 Å². The largest absolute Gasteiger partial charge is 0.372 e. The first-order valence-electron chi connectivity index (χ1n) is 21.9. The van der Waals surface area contributed by atoms with Crippen LogP contribution in [0.3, 0.4) is 0 Å². The molecule has 0 N–H and O–H groups in total. The predicted octanol–water partition coefficient (Wildman–Crippen LogP) is 11.4. The van der Waals surface area contributed by atoms with Crippen molar-refractivity contribution in [2.75, 3.05) is 0 Å². The summed E-state index contributed by atoms with van der Waals surface area (Å²) < 4.78 is 10.2. The van der Waals surface area contributed by atoms with Crippen LogP contribution in [0.15, 0.2) is 97.1 Å². The number of hydrogen-bond acceptors (Lipinski definition) is 2. The number of morpholine rings is 1. The lowest BCUT2D eigenvalue weighted by atomic mass is 9.44. The first-order chi connectivity index (χ1) is 26.3. The molecule has 0 amide bonds. The summed E-state index contributed by atoms with van der Waals surface area (Å²) in [5.74, 6) is 7.85. The third-order valence-corrected chi connectivity index (χ3v) is 17.4. The van der Waals surface area contributed by atoms with E-state index < -0.39 is 0 Å². The Balaban J connectivity index is 0.942. The van der Waals surface area contributed by atoms with Gasteiger partial charge in [0.15, 0.2) is 0 Å². The van der Waals surface area contributed by atoms with Gasteiger partial charge in [0.05, 0.1) is 23.2 Å². The Morgan fingerprint density at radius 1 is 0.491 bits per heavy atom. The summed E-state index contributed by atoms with van der Waals surface area (Å²) in [6.07, 6.45) is 18.2. The maximum atomic E-state index is 7.62. The van der Waals surface area contributed by atoms with Crippen LogP contribution in [0.1, 0.15) is 88.5 Å². The lowest BCUT2D eigenvalue weighted by molar-refractivity contribution is -0.305. The van der Waals surface area contributed by atoms with Crippen LogP contribution >= 0.6 is 0 Å². The Morgan fingerprint density at radius 2 is 1.21 bits per heavy atom. The number of nitrogens with zero attached hydrogens (tertiary/aromatic N) is 2. The number of rotatable bonds is 3. The molecule has 8 aliphatic rings. The molecular formula is C50H54N2O. The van der Waals surface area contributed by atoms with Gasteiger partial charge in [0.25, 0.3) is 0 Å². The van der Waals surface area contributed by atoms with E-state index in [1.54, 1.807) is 5.56 Å². The van der Waals surface area contributed by atoms with Crippen molar-refractivity contribution in [3.8, 4) is 16.8 Å². The zero-order valence-electron chi connectivity index (χ0n) is 31.1. The normalized spacial score (nSPS) is 40.9. The topological polar surface area (TPSA) is 17.4 Å². The van der Waals surface area contributed by atoms with E-state index in [1.807, 2.05) is 0 Å².